The van der Waals surface area contributed by atoms with E-state index in [0.29, 0.717) is 6.07 Å². The van der Waals surface area contributed by atoms with Crippen molar-refractivity contribution in [2.24, 2.45) is 0 Å². The molecule has 4 nitrogen and oxygen atoms in total. The fourth-order valence-electron chi connectivity index (χ4n) is 2.81. The van der Waals surface area contributed by atoms with Gasteiger partial charge in [0.1, 0.15) is 0 Å². The van der Waals surface area contributed by atoms with Crippen LogP contribution in [0.15, 0.2) is 30.3 Å². The van der Waals surface area contributed by atoms with E-state index in [4.69, 9.17) is 34.8 Å². The minimum atomic E-state index is -5.25. The van der Waals surface area contributed by atoms with Crippen molar-refractivity contribution in [1.29, 1.82) is 0 Å². The topological polar surface area (TPSA) is 61.4 Å². The van der Waals surface area contributed by atoms with Crippen molar-refractivity contribution in [1.82, 2.24) is 5.32 Å². The van der Waals surface area contributed by atoms with Gasteiger partial charge in [-0.2, -0.15) is 26.3 Å². The van der Waals surface area contributed by atoms with Gasteiger partial charge in [0, 0.05) is 18.7 Å². The summed E-state index contributed by atoms with van der Waals surface area (Å²) < 4.78 is 81.7. The van der Waals surface area contributed by atoms with Crippen LogP contribution >= 0.6 is 34.8 Å². The third-order valence-corrected chi connectivity index (χ3v) is 5.89. The van der Waals surface area contributed by atoms with E-state index in [2.05, 4.69) is 10.6 Å². The number of aliphatic hydroxyl groups is 1. The van der Waals surface area contributed by atoms with Crippen LogP contribution in [-0.2, 0) is 23.1 Å². The van der Waals surface area contributed by atoms with Crippen LogP contribution in [0, 0.1) is 0 Å². The maximum atomic E-state index is 13.8. The first-order chi connectivity index (χ1) is 15.1. The normalized spacial score (nSPS) is 14.0. The quantitative estimate of drug-likeness (QED) is 0.277. The van der Waals surface area contributed by atoms with E-state index < -0.39 is 48.1 Å². The summed E-state index contributed by atoms with van der Waals surface area (Å²) in [6.45, 7) is -0.153. The summed E-state index contributed by atoms with van der Waals surface area (Å²) in [7, 11) is 0. The molecule has 0 heterocycles. The first-order valence-corrected chi connectivity index (χ1v) is 10.4. The molecule has 0 aliphatic rings. The summed E-state index contributed by atoms with van der Waals surface area (Å²) in [5.74, 6) is -0.471. The maximum Gasteiger partial charge on any atom is 0.423 e. The van der Waals surface area contributed by atoms with Gasteiger partial charge in [-0.05, 0) is 35.4 Å². The molecule has 13 heteroatoms. The number of rotatable bonds is 7. The van der Waals surface area contributed by atoms with Gasteiger partial charge in [-0.15, -0.1) is 0 Å². The van der Waals surface area contributed by atoms with Gasteiger partial charge < -0.3 is 15.7 Å². The highest BCUT2D eigenvalue weighted by Crippen LogP contribution is 2.43. The molecule has 1 amide bonds. The molecule has 0 aromatic heterocycles. The molecule has 0 aliphatic carbocycles. The van der Waals surface area contributed by atoms with E-state index >= 15 is 0 Å². The predicted octanol–water partition coefficient (Wildman–Crippen LogP) is 6.55. The molecule has 0 saturated carbocycles. The molecule has 2 aromatic carbocycles. The molecule has 0 fully saturated rings. The Hall–Kier alpha value is -1.88. The van der Waals surface area contributed by atoms with Crippen LogP contribution in [0.3, 0.4) is 0 Å². The largest absolute Gasteiger partial charge is 0.423 e. The van der Waals surface area contributed by atoms with E-state index in [-0.39, 0.29) is 32.7 Å². The van der Waals surface area contributed by atoms with Gasteiger partial charge in [-0.3, -0.25) is 4.79 Å². The zero-order chi connectivity index (χ0) is 25.2. The first-order valence-electron chi connectivity index (χ1n) is 9.25. The fraction of sp³-hybridized carbons (Fsp3) is 0.350. The number of hydrogen-bond acceptors (Lipinski definition) is 3. The third kappa shape index (κ3) is 6.38. The Labute approximate surface area is 199 Å². The fourth-order valence-corrected chi connectivity index (χ4v) is 3.41. The number of benzene rings is 2. The van der Waals surface area contributed by atoms with Crippen LogP contribution in [0.5, 0.6) is 0 Å². The van der Waals surface area contributed by atoms with Crippen molar-refractivity contribution in [3.8, 4) is 0 Å². The number of hydrogen-bond donors (Lipinski definition) is 3. The molecule has 0 aliphatic heterocycles. The second-order valence-corrected chi connectivity index (χ2v) is 8.16. The average molecular weight is 538 g/mol. The second kappa shape index (κ2) is 10.2. The van der Waals surface area contributed by atoms with E-state index in [0.717, 1.165) is 24.3 Å². The molecule has 0 unspecified atom stereocenters. The lowest BCUT2D eigenvalue weighted by Gasteiger charge is -2.32. The molecule has 33 heavy (non-hydrogen) atoms. The minimum Gasteiger partial charge on any atom is -0.381 e. The Balaban J connectivity index is 2.39. The maximum absolute atomic E-state index is 13.8. The lowest BCUT2D eigenvalue weighted by atomic mass is 9.92. The summed E-state index contributed by atoms with van der Waals surface area (Å²) in [6.07, 6.45) is -10.0. The number of alkyl halides is 6. The lowest BCUT2D eigenvalue weighted by molar-refractivity contribution is -0.260. The summed E-state index contributed by atoms with van der Waals surface area (Å²) in [6, 6.07) is 4.24. The van der Waals surface area contributed by atoms with Gasteiger partial charge in [0.2, 0.25) is 11.5 Å². The predicted molar refractivity (Wildman–Crippen MR) is 113 cm³/mol. The molecular weight excluding hydrogens is 521 g/mol. The second-order valence-electron chi connectivity index (χ2n) is 6.97. The van der Waals surface area contributed by atoms with Gasteiger partial charge in [0.05, 0.1) is 27.2 Å². The average Bonchev–Trinajstić information content (AvgIpc) is 2.72. The SMILES string of the molecule is CCC(=O)NCc1ccc(NC[C@](O)(c2cc(Cl)c(Cl)c(Cl)c2)C(F)(F)F)cc1C(F)(F)F. The van der Waals surface area contributed by atoms with E-state index in [1.807, 2.05) is 0 Å². The highest BCUT2D eigenvalue weighted by molar-refractivity contribution is 6.48. The van der Waals surface area contributed by atoms with E-state index in [1.54, 1.807) is 0 Å². The Bertz CT molecular complexity index is 1010. The van der Waals surface area contributed by atoms with Crippen LogP contribution in [0.25, 0.3) is 0 Å². The number of halogens is 9. The Morgan fingerprint density at radius 2 is 1.58 bits per heavy atom. The number of amides is 1. The van der Waals surface area contributed by atoms with Crippen molar-refractivity contribution >= 4 is 46.4 Å². The van der Waals surface area contributed by atoms with Gasteiger partial charge in [-0.25, -0.2) is 0 Å². The molecule has 0 saturated heterocycles. The van der Waals surface area contributed by atoms with Crippen molar-refractivity contribution in [2.75, 3.05) is 11.9 Å². The molecule has 2 aromatic rings. The Kier molecular flexibility index (Phi) is 8.43. The monoisotopic (exact) mass is 536 g/mol. The molecule has 0 bridgehead atoms. The van der Waals surface area contributed by atoms with Crippen LogP contribution in [-0.4, -0.2) is 23.7 Å². The van der Waals surface area contributed by atoms with E-state index in [9.17, 15) is 36.2 Å². The Morgan fingerprint density at radius 3 is 2.06 bits per heavy atom. The highest BCUT2D eigenvalue weighted by atomic mass is 35.5. The minimum absolute atomic E-state index is 0.0652. The molecule has 2 rings (SSSR count). The van der Waals surface area contributed by atoms with Crippen LogP contribution in [0.4, 0.5) is 32.0 Å². The van der Waals surface area contributed by atoms with Crippen molar-refractivity contribution in [3.63, 3.8) is 0 Å². The molecule has 3 N–H and O–H groups in total. The van der Waals surface area contributed by atoms with Crippen molar-refractivity contribution < 1.29 is 36.2 Å². The summed E-state index contributed by atoms with van der Waals surface area (Å²) in [5, 5.41) is 14.0. The number of nitrogens with one attached hydrogen (secondary N) is 2. The molecule has 0 radical (unpaired) electrons. The standard InChI is InChI=1S/C20H17Cl3F6N2O2/c1-2-16(32)30-8-10-3-4-12(7-13(10)19(24,25)26)31-9-18(33,20(27,28)29)11-5-14(21)17(23)15(22)6-11/h3-7,31,33H,2,8-9H2,1H3,(H,30,32)/t18-/m0/s1. The van der Waals surface area contributed by atoms with Gasteiger partial charge in [0.25, 0.3) is 0 Å². The molecule has 0 spiro atoms. The summed E-state index contributed by atoms with van der Waals surface area (Å²) in [5.41, 5.74) is -6.09. The van der Waals surface area contributed by atoms with Gasteiger partial charge >= 0.3 is 12.4 Å². The third-order valence-electron chi connectivity index (χ3n) is 4.69. The van der Waals surface area contributed by atoms with Gasteiger partial charge in [-0.1, -0.05) is 47.8 Å². The number of carbonyl (C=O) groups excluding carboxylic acids is 1. The molecule has 182 valence electrons. The highest BCUT2D eigenvalue weighted by Gasteiger charge is 2.55. The van der Waals surface area contributed by atoms with Gasteiger partial charge in [0.15, 0.2) is 0 Å². The summed E-state index contributed by atoms with van der Waals surface area (Å²) in [4.78, 5) is 11.4. The van der Waals surface area contributed by atoms with Crippen LogP contribution in [0.1, 0.15) is 30.0 Å². The van der Waals surface area contributed by atoms with Crippen LogP contribution in [0.2, 0.25) is 15.1 Å². The summed E-state index contributed by atoms with van der Waals surface area (Å²) >= 11 is 17.3. The zero-order valence-corrected chi connectivity index (χ0v) is 19.0. The zero-order valence-electron chi connectivity index (χ0n) is 16.8. The number of carbonyl (C=O) groups is 1. The smallest absolute Gasteiger partial charge is 0.381 e. The molecular formula is C20H17Cl3F6N2O2. The first kappa shape index (κ1) is 27.4. The number of anilines is 1. The van der Waals surface area contributed by atoms with E-state index in [1.165, 1.54) is 6.92 Å². The Morgan fingerprint density at radius 1 is 1.00 bits per heavy atom. The van der Waals surface area contributed by atoms with Crippen molar-refractivity contribution in [2.45, 2.75) is 37.8 Å². The van der Waals surface area contributed by atoms with Crippen molar-refractivity contribution in [3.05, 3.63) is 62.1 Å². The lowest BCUT2D eigenvalue weighted by Crippen LogP contribution is -2.47. The van der Waals surface area contributed by atoms with Crippen LogP contribution < -0.4 is 10.6 Å². The molecule has 1 atom stereocenters.